The fourth-order valence-corrected chi connectivity index (χ4v) is 2.16. The molecule has 2 rings (SSSR count). The second-order valence-corrected chi connectivity index (χ2v) is 5.94. The molecule has 0 unspecified atom stereocenters. The molecule has 0 radical (unpaired) electrons. The molecule has 2 aromatic carbocycles. The number of carbonyl (C=O) groups is 4. The molecule has 154 valence electrons. The molecule has 0 amide bonds. The normalized spacial score (nSPS) is 9.59. The molecule has 0 atom stereocenters. The van der Waals surface area contributed by atoms with Crippen LogP contribution in [0.25, 0.3) is 0 Å². The van der Waals surface area contributed by atoms with Crippen LogP contribution in [0.5, 0.6) is 11.5 Å². The van der Waals surface area contributed by atoms with Crippen molar-refractivity contribution < 1.29 is 38.9 Å². The van der Waals surface area contributed by atoms with Crippen LogP contribution in [0.3, 0.4) is 0 Å². The molecule has 8 heteroatoms. The van der Waals surface area contributed by atoms with E-state index < -0.39 is 17.9 Å². The van der Waals surface area contributed by atoms with Crippen LogP contribution in [0.2, 0.25) is 0 Å². The van der Waals surface area contributed by atoms with Gasteiger partial charge in [-0.3, -0.25) is 19.2 Å². The Morgan fingerprint density at radius 1 is 0.690 bits per heavy atom. The quantitative estimate of drug-likeness (QED) is 0.535. The van der Waals surface area contributed by atoms with E-state index in [0.29, 0.717) is 23.5 Å². The lowest BCUT2D eigenvalue weighted by Gasteiger charge is -2.02. The number of carboxylic acid groups (broad SMARTS) is 2. The van der Waals surface area contributed by atoms with Crippen LogP contribution in [0.1, 0.15) is 31.4 Å². The molecule has 29 heavy (non-hydrogen) atoms. The van der Waals surface area contributed by atoms with Gasteiger partial charge in [-0.25, -0.2) is 0 Å². The zero-order valence-corrected chi connectivity index (χ0v) is 16.1. The largest absolute Gasteiger partial charge is 0.481 e. The van der Waals surface area contributed by atoms with Crippen LogP contribution in [-0.4, -0.2) is 34.1 Å². The summed E-state index contributed by atoms with van der Waals surface area (Å²) in [6.07, 6.45) is 0.558. The minimum absolute atomic E-state index is 0.0274. The summed E-state index contributed by atoms with van der Waals surface area (Å²) in [5, 5.41) is 17.0. The summed E-state index contributed by atoms with van der Waals surface area (Å²) in [6.45, 7) is 2.64. The van der Waals surface area contributed by atoms with E-state index in [1.54, 1.807) is 48.5 Å². The summed E-state index contributed by atoms with van der Waals surface area (Å²) >= 11 is 0. The number of esters is 2. The van der Waals surface area contributed by atoms with Crippen molar-refractivity contribution in [2.45, 2.75) is 33.1 Å². The highest BCUT2D eigenvalue weighted by Crippen LogP contribution is 2.14. The second-order valence-electron chi connectivity index (χ2n) is 5.94. The predicted octanol–water partition coefficient (Wildman–Crippen LogP) is 2.87. The van der Waals surface area contributed by atoms with E-state index in [4.69, 9.17) is 19.7 Å². The first-order chi connectivity index (χ1) is 13.7. The number of carboxylic acids is 2. The number of carbonyl (C=O) groups excluding carboxylic acids is 2. The summed E-state index contributed by atoms with van der Waals surface area (Å²) in [4.78, 5) is 41.8. The van der Waals surface area contributed by atoms with E-state index in [-0.39, 0.29) is 18.8 Å². The van der Waals surface area contributed by atoms with Crippen molar-refractivity contribution in [1.29, 1.82) is 0 Å². The number of rotatable bonds is 7. The lowest BCUT2D eigenvalue weighted by atomic mass is 10.1. The summed E-state index contributed by atoms with van der Waals surface area (Å²) < 4.78 is 9.63. The Bertz CT molecular complexity index is 803. The number of hydrogen-bond donors (Lipinski definition) is 2. The summed E-state index contributed by atoms with van der Waals surface area (Å²) in [5.41, 5.74) is 1.58. The van der Waals surface area contributed by atoms with Gasteiger partial charge in [0.25, 0.3) is 0 Å². The van der Waals surface area contributed by atoms with Gasteiger partial charge in [0.1, 0.15) is 11.5 Å². The Morgan fingerprint density at radius 2 is 1.10 bits per heavy atom. The number of aliphatic carboxylic acids is 2. The summed E-state index contributed by atoms with van der Waals surface area (Å²) in [5.74, 6) is -1.57. The Labute approximate surface area is 167 Å². The molecule has 2 N–H and O–H groups in total. The van der Waals surface area contributed by atoms with Gasteiger partial charge < -0.3 is 19.7 Å². The average molecular weight is 402 g/mol. The summed E-state index contributed by atoms with van der Waals surface area (Å²) in [7, 11) is 0. The summed E-state index contributed by atoms with van der Waals surface area (Å²) in [6, 6.07) is 13.2. The Balaban J connectivity index is 0.000000291. The van der Waals surface area contributed by atoms with Gasteiger partial charge in [0.2, 0.25) is 0 Å². The van der Waals surface area contributed by atoms with Crippen molar-refractivity contribution in [2.75, 3.05) is 0 Å². The van der Waals surface area contributed by atoms with Crippen molar-refractivity contribution in [3.63, 3.8) is 0 Å². The molecule has 0 bridgehead atoms. The van der Waals surface area contributed by atoms with Gasteiger partial charge in [-0.2, -0.15) is 0 Å². The predicted molar refractivity (Wildman–Crippen MR) is 103 cm³/mol. The fraction of sp³-hybridized carbons (Fsp3) is 0.238. The molecule has 0 saturated carbocycles. The van der Waals surface area contributed by atoms with Crippen molar-refractivity contribution in [2.24, 2.45) is 0 Å². The van der Waals surface area contributed by atoms with Crippen molar-refractivity contribution >= 4 is 23.9 Å². The molecule has 0 aliphatic carbocycles. The molecule has 0 heterocycles. The molecule has 0 aliphatic heterocycles. The minimum Gasteiger partial charge on any atom is -0.481 e. The van der Waals surface area contributed by atoms with E-state index in [0.717, 1.165) is 5.56 Å². The molecule has 8 nitrogen and oxygen atoms in total. The molecule has 0 saturated heterocycles. The number of hydrogen-bond acceptors (Lipinski definition) is 6. The zero-order valence-electron chi connectivity index (χ0n) is 16.1. The van der Waals surface area contributed by atoms with Crippen LogP contribution in [0.15, 0.2) is 48.5 Å². The average Bonchev–Trinajstić information content (AvgIpc) is 2.62. The smallest absolute Gasteiger partial charge is 0.308 e. The van der Waals surface area contributed by atoms with Crippen molar-refractivity contribution in [3.8, 4) is 11.5 Å². The third kappa shape index (κ3) is 10.9. The van der Waals surface area contributed by atoms with Gasteiger partial charge in [0.05, 0.1) is 6.42 Å². The first kappa shape index (κ1) is 23.4. The fourth-order valence-electron chi connectivity index (χ4n) is 2.16. The van der Waals surface area contributed by atoms with Crippen molar-refractivity contribution in [1.82, 2.24) is 0 Å². The van der Waals surface area contributed by atoms with Gasteiger partial charge in [-0.1, -0.05) is 24.3 Å². The Kier molecular flexibility index (Phi) is 9.60. The highest BCUT2D eigenvalue weighted by molar-refractivity contribution is 5.71. The van der Waals surface area contributed by atoms with E-state index in [2.05, 4.69) is 0 Å². The first-order valence-electron chi connectivity index (χ1n) is 8.64. The Hall–Kier alpha value is -3.68. The van der Waals surface area contributed by atoms with Gasteiger partial charge in [-0.15, -0.1) is 0 Å². The molecular formula is C21H22O8. The minimum atomic E-state index is -0.884. The van der Waals surface area contributed by atoms with Crippen LogP contribution < -0.4 is 9.47 Å². The molecule has 2 aromatic rings. The molecule has 0 fully saturated rings. The van der Waals surface area contributed by atoms with Gasteiger partial charge >= 0.3 is 23.9 Å². The molecular weight excluding hydrogens is 380 g/mol. The Morgan fingerprint density at radius 3 is 1.45 bits per heavy atom. The molecule has 0 aromatic heterocycles. The third-order valence-corrected chi connectivity index (χ3v) is 3.35. The third-order valence-electron chi connectivity index (χ3n) is 3.35. The van der Waals surface area contributed by atoms with Crippen LogP contribution in [0, 0.1) is 0 Å². The van der Waals surface area contributed by atoms with Crippen LogP contribution in [0.4, 0.5) is 0 Å². The highest BCUT2D eigenvalue weighted by Gasteiger charge is 2.02. The number of benzene rings is 2. The van der Waals surface area contributed by atoms with E-state index >= 15 is 0 Å². The van der Waals surface area contributed by atoms with Gasteiger partial charge in [0.15, 0.2) is 0 Å². The van der Waals surface area contributed by atoms with Crippen LogP contribution in [-0.2, 0) is 32.0 Å². The lowest BCUT2D eigenvalue weighted by Crippen LogP contribution is -2.02. The maximum atomic E-state index is 10.6. The highest BCUT2D eigenvalue weighted by atomic mass is 16.5. The maximum Gasteiger partial charge on any atom is 0.308 e. The van der Waals surface area contributed by atoms with Crippen molar-refractivity contribution in [3.05, 3.63) is 59.7 Å². The molecule has 0 spiro atoms. The monoisotopic (exact) mass is 402 g/mol. The number of aryl methyl sites for hydroxylation is 1. The van der Waals surface area contributed by atoms with E-state index in [1.165, 1.54) is 13.8 Å². The zero-order chi connectivity index (χ0) is 21.8. The number of ether oxygens (including phenoxy) is 2. The van der Waals surface area contributed by atoms with Crippen LogP contribution >= 0.6 is 0 Å². The second kappa shape index (κ2) is 11.9. The first-order valence-corrected chi connectivity index (χ1v) is 8.64. The standard InChI is InChI=1S/C11H12O4.C10H10O4/c1-8(12)15-10-5-2-9(3-6-10)4-7-11(13)14;1-7(11)14-9-4-2-8(3-5-9)6-10(12)13/h2-3,5-6H,4,7H2,1H3,(H,13,14);2-5H,6H2,1H3,(H,12,13). The van der Waals surface area contributed by atoms with E-state index in [9.17, 15) is 19.2 Å². The molecule has 0 aliphatic rings. The topological polar surface area (TPSA) is 127 Å². The lowest BCUT2D eigenvalue weighted by molar-refractivity contribution is -0.137. The maximum absolute atomic E-state index is 10.6. The van der Waals surface area contributed by atoms with Gasteiger partial charge in [-0.05, 0) is 41.8 Å². The van der Waals surface area contributed by atoms with Gasteiger partial charge in [0, 0.05) is 20.3 Å². The van der Waals surface area contributed by atoms with E-state index in [1.807, 2.05) is 0 Å². The SMILES string of the molecule is CC(=O)Oc1ccc(CC(=O)O)cc1.CC(=O)Oc1ccc(CCC(=O)O)cc1.